The second-order valence-corrected chi connectivity index (χ2v) is 4.72. The molecule has 2 aromatic heterocycles. The van der Waals surface area contributed by atoms with Gasteiger partial charge in [-0.3, -0.25) is 0 Å². The fourth-order valence-electron chi connectivity index (χ4n) is 2.13. The van der Waals surface area contributed by atoms with Gasteiger partial charge in [0.15, 0.2) is 5.65 Å². The topological polar surface area (TPSA) is 68.2 Å². The maximum absolute atomic E-state index is 5.76. The Morgan fingerprint density at radius 1 is 1.59 bits per heavy atom. The lowest BCUT2D eigenvalue weighted by Gasteiger charge is -2.13. The van der Waals surface area contributed by atoms with E-state index in [-0.39, 0.29) is 0 Å². The molecule has 3 N–H and O–H groups in total. The summed E-state index contributed by atoms with van der Waals surface area (Å²) in [6, 6.07) is 4.32. The van der Waals surface area contributed by atoms with Gasteiger partial charge in [-0.2, -0.15) is 4.98 Å². The molecule has 17 heavy (non-hydrogen) atoms. The van der Waals surface area contributed by atoms with E-state index >= 15 is 0 Å². The van der Waals surface area contributed by atoms with E-state index in [1.807, 2.05) is 25.3 Å². The van der Waals surface area contributed by atoms with E-state index in [1.165, 1.54) is 12.8 Å². The van der Waals surface area contributed by atoms with Crippen molar-refractivity contribution in [2.24, 2.45) is 11.7 Å². The number of nitrogens with zero attached hydrogens (tertiary/aromatic N) is 3. The minimum absolute atomic E-state index is 0.313. The second-order valence-electron chi connectivity index (χ2n) is 4.72. The molecule has 1 fully saturated rings. The van der Waals surface area contributed by atoms with Crippen LogP contribution in [0.4, 0.5) is 5.95 Å². The van der Waals surface area contributed by atoms with Crippen molar-refractivity contribution in [3.8, 4) is 0 Å². The van der Waals surface area contributed by atoms with E-state index in [9.17, 15) is 0 Å². The Labute approximate surface area is 100 Å². The average Bonchev–Trinajstić information content (AvgIpc) is 3.07. The van der Waals surface area contributed by atoms with Crippen LogP contribution in [0.1, 0.15) is 18.4 Å². The normalized spacial score (nSPS) is 17.3. The Hall–Kier alpha value is -1.62. The minimum Gasteiger partial charge on any atom is -0.349 e. The number of aromatic nitrogens is 3. The van der Waals surface area contributed by atoms with Crippen LogP contribution in [0.3, 0.4) is 0 Å². The average molecular weight is 231 g/mol. The monoisotopic (exact) mass is 231 g/mol. The molecule has 0 amide bonds. The first-order valence-electron chi connectivity index (χ1n) is 6.06. The van der Waals surface area contributed by atoms with Crippen molar-refractivity contribution in [1.82, 2.24) is 14.6 Å². The van der Waals surface area contributed by atoms with Crippen LogP contribution in [-0.2, 0) is 0 Å². The van der Waals surface area contributed by atoms with Gasteiger partial charge in [-0.05, 0) is 37.3 Å². The van der Waals surface area contributed by atoms with Crippen LogP contribution in [0.15, 0.2) is 18.3 Å². The fraction of sp³-hybridized carbons (Fsp3) is 0.500. The number of rotatable bonds is 4. The quantitative estimate of drug-likeness (QED) is 0.829. The smallest absolute Gasteiger partial charge is 0.243 e. The van der Waals surface area contributed by atoms with Crippen LogP contribution in [0.25, 0.3) is 5.65 Å². The zero-order chi connectivity index (χ0) is 11.8. The molecule has 0 radical (unpaired) electrons. The summed E-state index contributed by atoms with van der Waals surface area (Å²) in [6.45, 7) is 2.67. The number of nitrogens with one attached hydrogen (secondary N) is 1. The van der Waals surface area contributed by atoms with E-state index in [2.05, 4.69) is 15.4 Å². The molecule has 0 bridgehead atoms. The van der Waals surface area contributed by atoms with Crippen molar-refractivity contribution in [2.45, 2.75) is 25.8 Å². The Balaban J connectivity index is 1.87. The Morgan fingerprint density at radius 3 is 3.06 bits per heavy atom. The first-order chi connectivity index (χ1) is 8.28. The highest BCUT2D eigenvalue weighted by atomic mass is 15.3. The number of hydrogen-bond acceptors (Lipinski definition) is 4. The zero-order valence-electron chi connectivity index (χ0n) is 9.93. The predicted molar refractivity (Wildman–Crippen MR) is 66.9 cm³/mol. The lowest BCUT2D eigenvalue weighted by Crippen LogP contribution is -2.31. The molecule has 5 heteroatoms. The van der Waals surface area contributed by atoms with Crippen LogP contribution in [0.5, 0.6) is 0 Å². The summed E-state index contributed by atoms with van der Waals surface area (Å²) in [7, 11) is 0. The molecule has 0 spiro atoms. The van der Waals surface area contributed by atoms with Crippen LogP contribution in [0, 0.1) is 12.8 Å². The van der Waals surface area contributed by atoms with Crippen molar-refractivity contribution >= 4 is 11.6 Å². The van der Waals surface area contributed by atoms with Gasteiger partial charge in [0.1, 0.15) is 0 Å². The number of nitrogens with two attached hydrogens (primary N) is 1. The van der Waals surface area contributed by atoms with E-state index in [0.717, 1.165) is 11.2 Å². The van der Waals surface area contributed by atoms with Gasteiger partial charge in [0.2, 0.25) is 5.95 Å². The summed E-state index contributed by atoms with van der Waals surface area (Å²) >= 11 is 0. The van der Waals surface area contributed by atoms with Gasteiger partial charge in [0.05, 0.1) is 0 Å². The molecule has 5 nitrogen and oxygen atoms in total. The molecule has 1 atom stereocenters. The highest BCUT2D eigenvalue weighted by molar-refractivity contribution is 5.50. The summed E-state index contributed by atoms with van der Waals surface area (Å²) in [5.74, 6) is 1.38. The van der Waals surface area contributed by atoms with Gasteiger partial charge in [0, 0.05) is 18.8 Å². The van der Waals surface area contributed by atoms with Crippen molar-refractivity contribution in [3.05, 3.63) is 23.9 Å². The van der Waals surface area contributed by atoms with Crippen molar-refractivity contribution < 1.29 is 0 Å². The molecular weight excluding hydrogens is 214 g/mol. The fourth-order valence-corrected chi connectivity index (χ4v) is 2.13. The molecule has 1 unspecified atom stereocenters. The predicted octanol–water partition coefficient (Wildman–Crippen LogP) is 1.19. The third kappa shape index (κ3) is 1.98. The molecular formula is C12H17N5. The standard InChI is InChI=1S/C12H17N5/c1-8-3-2-6-17-11(8)15-12(16-17)14-10(7-13)9-4-5-9/h2-3,6,9-10H,4-5,7,13H2,1H3,(H,14,16). The van der Waals surface area contributed by atoms with Crippen molar-refractivity contribution in [2.75, 3.05) is 11.9 Å². The number of pyridine rings is 1. The summed E-state index contributed by atoms with van der Waals surface area (Å²) < 4.78 is 1.80. The lowest BCUT2D eigenvalue weighted by atomic mass is 10.2. The number of aryl methyl sites for hydroxylation is 1. The molecule has 1 saturated carbocycles. The molecule has 0 aromatic carbocycles. The molecule has 1 aliphatic carbocycles. The number of fused-ring (bicyclic) bond motifs is 1. The van der Waals surface area contributed by atoms with Crippen molar-refractivity contribution in [3.63, 3.8) is 0 Å². The van der Waals surface area contributed by atoms with Gasteiger partial charge in [-0.15, -0.1) is 5.10 Å². The molecule has 3 rings (SSSR count). The van der Waals surface area contributed by atoms with Gasteiger partial charge >= 0.3 is 0 Å². The molecule has 0 saturated heterocycles. The summed E-state index contributed by atoms with van der Waals surface area (Å²) in [5.41, 5.74) is 7.79. The van der Waals surface area contributed by atoms with Crippen LogP contribution in [-0.4, -0.2) is 27.2 Å². The Bertz CT molecular complexity index is 529. The highest BCUT2D eigenvalue weighted by Gasteiger charge is 2.30. The SMILES string of the molecule is Cc1cccn2nc(NC(CN)C3CC3)nc12. The van der Waals surface area contributed by atoms with E-state index in [0.29, 0.717) is 24.5 Å². The first kappa shape index (κ1) is 10.5. The third-order valence-corrected chi connectivity index (χ3v) is 3.32. The van der Waals surface area contributed by atoms with Gasteiger partial charge in [0.25, 0.3) is 0 Å². The Kier molecular flexibility index (Phi) is 2.48. The summed E-state index contributed by atoms with van der Waals surface area (Å²) in [6.07, 6.45) is 4.44. The molecule has 1 aliphatic rings. The van der Waals surface area contributed by atoms with Crippen molar-refractivity contribution in [1.29, 1.82) is 0 Å². The third-order valence-electron chi connectivity index (χ3n) is 3.32. The molecule has 0 aliphatic heterocycles. The van der Waals surface area contributed by atoms with Crippen LogP contribution in [0.2, 0.25) is 0 Å². The maximum Gasteiger partial charge on any atom is 0.243 e. The maximum atomic E-state index is 5.76. The molecule has 2 heterocycles. The highest BCUT2D eigenvalue weighted by Crippen LogP contribution is 2.33. The number of hydrogen-bond donors (Lipinski definition) is 2. The van der Waals surface area contributed by atoms with Crippen LogP contribution < -0.4 is 11.1 Å². The first-order valence-corrected chi connectivity index (χ1v) is 6.06. The van der Waals surface area contributed by atoms with E-state index < -0.39 is 0 Å². The number of anilines is 1. The summed E-state index contributed by atoms with van der Waals surface area (Å²) in [5, 5.41) is 7.75. The lowest BCUT2D eigenvalue weighted by molar-refractivity contribution is 0.639. The largest absolute Gasteiger partial charge is 0.349 e. The molecule has 2 aromatic rings. The van der Waals surface area contributed by atoms with Crippen LogP contribution >= 0.6 is 0 Å². The minimum atomic E-state index is 0.313. The van der Waals surface area contributed by atoms with Gasteiger partial charge < -0.3 is 11.1 Å². The van der Waals surface area contributed by atoms with E-state index in [1.54, 1.807) is 4.52 Å². The summed E-state index contributed by atoms with van der Waals surface area (Å²) in [4.78, 5) is 4.50. The van der Waals surface area contributed by atoms with Gasteiger partial charge in [-0.25, -0.2) is 4.52 Å². The van der Waals surface area contributed by atoms with Gasteiger partial charge in [-0.1, -0.05) is 6.07 Å². The molecule has 90 valence electrons. The second kappa shape index (κ2) is 4.00. The Morgan fingerprint density at radius 2 is 2.41 bits per heavy atom. The zero-order valence-corrected chi connectivity index (χ0v) is 9.93. The van der Waals surface area contributed by atoms with E-state index in [4.69, 9.17) is 5.73 Å².